The normalized spacial score (nSPS) is 12.1. The van der Waals surface area contributed by atoms with Crippen LogP contribution in [0.1, 0.15) is 12.5 Å². The summed E-state index contributed by atoms with van der Waals surface area (Å²) in [6.07, 6.45) is 3.63. The van der Waals surface area contributed by atoms with Crippen LogP contribution in [0, 0.1) is 0 Å². The minimum Gasteiger partial charge on any atom is -0.325 e. The molecule has 0 aliphatic heterocycles. The molecule has 94 valence electrons. The van der Waals surface area contributed by atoms with Crippen LogP contribution in [0.2, 0.25) is 0 Å². The van der Waals surface area contributed by atoms with E-state index in [0.717, 1.165) is 11.3 Å². The molecule has 0 bridgehead atoms. The molecule has 0 saturated carbocycles. The summed E-state index contributed by atoms with van der Waals surface area (Å²) in [6, 6.07) is 9.61. The third-order valence-electron chi connectivity index (χ3n) is 2.53. The van der Waals surface area contributed by atoms with E-state index in [1.807, 2.05) is 41.2 Å². The number of benzene rings is 1. The number of para-hydroxylation sites is 1. The maximum absolute atomic E-state index is 11.7. The van der Waals surface area contributed by atoms with Crippen molar-refractivity contribution in [3.63, 3.8) is 0 Å². The van der Waals surface area contributed by atoms with Gasteiger partial charge in [0.05, 0.1) is 11.4 Å². The van der Waals surface area contributed by atoms with E-state index in [-0.39, 0.29) is 10.7 Å². The molecule has 0 aliphatic rings. The molecule has 1 aromatic heterocycles. The second kappa shape index (κ2) is 5.82. The van der Waals surface area contributed by atoms with E-state index in [0.29, 0.717) is 6.54 Å². The molecule has 1 aromatic carbocycles. The van der Waals surface area contributed by atoms with Crippen molar-refractivity contribution in [1.82, 2.24) is 9.78 Å². The van der Waals surface area contributed by atoms with Gasteiger partial charge in [-0.2, -0.15) is 5.10 Å². The largest absolute Gasteiger partial charge is 0.325 e. The van der Waals surface area contributed by atoms with E-state index in [4.69, 9.17) is 0 Å². The molecule has 0 spiro atoms. The van der Waals surface area contributed by atoms with Gasteiger partial charge in [0.15, 0.2) is 0 Å². The third kappa shape index (κ3) is 3.20. The fraction of sp³-hybridized carbons (Fsp3) is 0.231. The molecule has 1 amide bonds. The molecule has 1 unspecified atom stereocenters. The van der Waals surface area contributed by atoms with Gasteiger partial charge in [0.25, 0.3) is 0 Å². The summed E-state index contributed by atoms with van der Waals surface area (Å²) >= 11 is 3.25. The lowest BCUT2D eigenvalue weighted by Crippen LogP contribution is -2.21. The Morgan fingerprint density at radius 2 is 2.22 bits per heavy atom. The van der Waals surface area contributed by atoms with Gasteiger partial charge < -0.3 is 5.32 Å². The first-order valence-electron chi connectivity index (χ1n) is 5.67. The maximum Gasteiger partial charge on any atom is 0.237 e. The zero-order chi connectivity index (χ0) is 13.0. The number of nitrogens with one attached hydrogen (secondary N) is 1. The van der Waals surface area contributed by atoms with Gasteiger partial charge in [-0.25, -0.2) is 0 Å². The Morgan fingerprint density at radius 3 is 2.89 bits per heavy atom. The highest BCUT2D eigenvalue weighted by molar-refractivity contribution is 9.10. The summed E-state index contributed by atoms with van der Waals surface area (Å²) in [5.74, 6) is -0.0529. The number of alkyl halides is 1. The van der Waals surface area contributed by atoms with Crippen molar-refractivity contribution in [2.75, 3.05) is 5.32 Å². The summed E-state index contributed by atoms with van der Waals surface area (Å²) in [5, 5.41) is 7.06. The third-order valence-corrected chi connectivity index (χ3v) is 2.94. The van der Waals surface area contributed by atoms with Crippen molar-refractivity contribution >= 4 is 27.5 Å². The Morgan fingerprint density at radius 1 is 1.44 bits per heavy atom. The quantitative estimate of drug-likeness (QED) is 0.883. The summed E-state index contributed by atoms with van der Waals surface area (Å²) in [7, 11) is 0. The van der Waals surface area contributed by atoms with Gasteiger partial charge in [-0.15, -0.1) is 0 Å². The van der Waals surface area contributed by atoms with Gasteiger partial charge in [0.2, 0.25) is 5.91 Å². The fourth-order valence-electron chi connectivity index (χ4n) is 1.58. The van der Waals surface area contributed by atoms with Crippen LogP contribution in [0.15, 0.2) is 42.7 Å². The Labute approximate surface area is 114 Å². The number of nitrogens with zero attached hydrogens (tertiary/aromatic N) is 2. The van der Waals surface area contributed by atoms with Crippen molar-refractivity contribution in [3.05, 3.63) is 48.3 Å². The highest BCUT2D eigenvalue weighted by atomic mass is 79.9. The molecule has 2 rings (SSSR count). The van der Waals surface area contributed by atoms with E-state index >= 15 is 0 Å². The molecule has 1 atom stereocenters. The van der Waals surface area contributed by atoms with Crippen LogP contribution in [0.25, 0.3) is 0 Å². The first-order chi connectivity index (χ1) is 8.66. The molecule has 1 N–H and O–H groups in total. The first-order valence-corrected chi connectivity index (χ1v) is 6.58. The molecule has 0 radical (unpaired) electrons. The SMILES string of the molecule is CC(Br)C(=O)Nc1ccccc1Cn1cccn1. The van der Waals surface area contributed by atoms with Crippen molar-refractivity contribution in [3.8, 4) is 0 Å². The van der Waals surface area contributed by atoms with Crippen LogP contribution in [0.5, 0.6) is 0 Å². The van der Waals surface area contributed by atoms with Crippen molar-refractivity contribution in [2.24, 2.45) is 0 Å². The Balaban J connectivity index is 2.18. The average Bonchev–Trinajstić information content (AvgIpc) is 2.84. The molecular formula is C13H14BrN3O. The zero-order valence-electron chi connectivity index (χ0n) is 10.0. The smallest absolute Gasteiger partial charge is 0.237 e. The predicted molar refractivity (Wildman–Crippen MR) is 74.8 cm³/mol. The van der Waals surface area contributed by atoms with Crippen molar-refractivity contribution in [1.29, 1.82) is 0 Å². The molecule has 0 aliphatic carbocycles. The van der Waals surface area contributed by atoms with E-state index in [9.17, 15) is 4.79 Å². The highest BCUT2D eigenvalue weighted by Crippen LogP contribution is 2.17. The molecule has 5 heteroatoms. The van der Waals surface area contributed by atoms with Crippen LogP contribution in [-0.2, 0) is 11.3 Å². The average molecular weight is 308 g/mol. The molecule has 2 aromatic rings. The van der Waals surface area contributed by atoms with Gasteiger partial charge in [0, 0.05) is 18.1 Å². The van der Waals surface area contributed by atoms with Crippen molar-refractivity contribution < 1.29 is 4.79 Å². The van der Waals surface area contributed by atoms with E-state index < -0.39 is 0 Å². The standard InChI is InChI=1S/C13H14BrN3O/c1-10(14)13(18)16-12-6-3-2-5-11(12)9-17-8-4-7-15-17/h2-8,10H,9H2,1H3,(H,16,18). The summed E-state index contributed by atoms with van der Waals surface area (Å²) in [6.45, 7) is 2.44. The number of hydrogen-bond donors (Lipinski definition) is 1. The summed E-state index contributed by atoms with van der Waals surface area (Å²) in [5.41, 5.74) is 1.85. The number of hydrogen-bond acceptors (Lipinski definition) is 2. The van der Waals surface area contributed by atoms with Crippen LogP contribution in [-0.4, -0.2) is 20.5 Å². The number of halogens is 1. The van der Waals surface area contributed by atoms with Gasteiger partial charge in [-0.3, -0.25) is 9.48 Å². The minimum atomic E-state index is -0.213. The second-order valence-corrected chi connectivity index (χ2v) is 5.34. The Hall–Kier alpha value is -1.62. The molecule has 0 fully saturated rings. The maximum atomic E-state index is 11.7. The molecule has 4 nitrogen and oxygen atoms in total. The summed E-state index contributed by atoms with van der Waals surface area (Å²) < 4.78 is 1.82. The lowest BCUT2D eigenvalue weighted by atomic mass is 10.1. The number of anilines is 1. The molecule has 0 saturated heterocycles. The lowest BCUT2D eigenvalue weighted by Gasteiger charge is -2.12. The molecule has 18 heavy (non-hydrogen) atoms. The van der Waals surface area contributed by atoms with Crippen LogP contribution >= 0.6 is 15.9 Å². The minimum absolute atomic E-state index is 0.0529. The van der Waals surface area contributed by atoms with Crippen LogP contribution < -0.4 is 5.32 Å². The Kier molecular flexibility index (Phi) is 4.15. The van der Waals surface area contributed by atoms with E-state index in [1.165, 1.54) is 0 Å². The van der Waals surface area contributed by atoms with Gasteiger partial charge in [-0.05, 0) is 24.6 Å². The topological polar surface area (TPSA) is 46.9 Å². The monoisotopic (exact) mass is 307 g/mol. The van der Waals surface area contributed by atoms with Gasteiger partial charge in [-0.1, -0.05) is 34.1 Å². The number of carbonyl (C=O) groups excluding carboxylic acids is 1. The number of aromatic nitrogens is 2. The zero-order valence-corrected chi connectivity index (χ0v) is 11.6. The lowest BCUT2D eigenvalue weighted by molar-refractivity contribution is -0.115. The highest BCUT2D eigenvalue weighted by Gasteiger charge is 2.11. The number of carbonyl (C=O) groups is 1. The number of rotatable bonds is 4. The van der Waals surface area contributed by atoms with Gasteiger partial charge >= 0.3 is 0 Å². The molecular weight excluding hydrogens is 294 g/mol. The Bertz CT molecular complexity index is 523. The van der Waals surface area contributed by atoms with Crippen molar-refractivity contribution in [2.45, 2.75) is 18.3 Å². The van der Waals surface area contributed by atoms with Gasteiger partial charge in [0.1, 0.15) is 0 Å². The summed E-state index contributed by atoms with van der Waals surface area (Å²) in [4.78, 5) is 11.5. The number of amides is 1. The van der Waals surface area contributed by atoms with Crippen LogP contribution in [0.3, 0.4) is 0 Å². The first kappa shape index (κ1) is 12.8. The second-order valence-electron chi connectivity index (χ2n) is 3.97. The van der Waals surface area contributed by atoms with E-state index in [2.05, 4.69) is 26.3 Å². The fourth-order valence-corrected chi connectivity index (χ4v) is 1.70. The predicted octanol–water partition coefficient (Wildman–Crippen LogP) is 2.65. The van der Waals surface area contributed by atoms with E-state index in [1.54, 1.807) is 13.1 Å². The van der Waals surface area contributed by atoms with Crippen LogP contribution in [0.4, 0.5) is 5.69 Å². The molecule has 1 heterocycles.